The Bertz CT molecular complexity index is 285. The Morgan fingerprint density at radius 1 is 1.23 bits per heavy atom. The number of ketones is 1. The largest absolute Gasteiger partial charge is 0.624 e. The summed E-state index contributed by atoms with van der Waals surface area (Å²) >= 11 is 0. The Morgan fingerprint density at radius 2 is 1.69 bits per heavy atom. The van der Waals surface area contributed by atoms with Gasteiger partial charge in [0, 0.05) is 0 Å². The Morgan fingerprint density at radius 3 is 1.85 bits per heavy atom. The Balaban J connectivity index is 3.26. The molecule has 74 valence electrons. The molecule has 1 aliphatic heterocycles. The van der Waals surface area contributed by atoms with Crippen molar-refractivity contribution in [3.8, 4) is 0 Å². The van der Waals surface area contributed by atoms with Gasteiger partial charge in [-0.05, 0) is 27.7 Å². The summed E-state index contributed by atoms with van der Waals surface area (Å²) in [6.45, 7) is 6.80. The van der Waals surface area contributed by atoms with E-state index in [2.05, 4.69) is 0 Å². The molecule has 0 N–H and O–H groups in total. The van der Waals surface area contributed by atoms with Crippen LogP contribution in [-0.4, -0.2) is 34.5 Å². The molecule has 0 bridgehead atoms. The van der Waals surface area contributed by atoms with Gasteiger partial charge in [-0.1, -0.05) is 0 Å². The zero-order chi connectivity index (χ0) is 10.4. The number of ether oxygens (including phenoxy) is 1. The fourth-order valence-electron chi connectivity index (χ4n) is 1.81. The van der Waals surface area contributed by atoms with Crippen LogP contribution in [0.5, 0.6) is 0 Å². The van der Waals surface area contributed by atoms with Crippen molar-refractivity contribution in [2.45, 2.75) is 38.9 Å². The van der Waals surface area contributed by atoms with Gasteiger partial charge in [0.1, 0.15) is 12.6 Å². The highest BCUT2D eigenvalue weighted by atomic mass is 16.5. The van der Waals surface area contributed by atoms with Gasteiger partial charge in [0.25, 0.3) is 11.5 Å². The van der Waals surface area contributed by atoms with Gasteiger partial charge < -0.3 is 9.94 Å². The van der Waals surface area contributed by atoms with Crippen LogP contribution in [0.15, 0.2) is 0 Å². The molecule has 0 aliphatic carbocycles. The predicted molar refractivity (Wildman–Crippen MR) is 48.8 cm³/mol. The van der Waals surface area contributed by atoms with E-state index in [0.717, 1.165) is 0 Å². The molecular weight excluding hydrogens is 170 g/mol. The maximum absolute atomic E-state index is 11.7. The van der Waals surface area contributed by atoms with Crippen molar-refractivity contribution >= 4 is 11.5 Å². The van der Waals surface area contributed by atoms with Crippen LogP contribution in [0.25, 0.3) is 0 Å². The third-order valence-corrected chi connectivity index (χ3v) is 2.16. The fraction of sp³-hybridized carbons (Fsp3) is 0.778. The first-order valence-electron chi connectivity index (χ1n) is 4.22. The summed E-state index contributed by atoms with van der Waals surface area (Å²) in [6, 6.07) is 0. The molecule has 0 atom stereocenters. The van der Waals surface area contributed by atoms with E-state index in [9.17, 15) is 10.0 Å². The number of hydrogen-bond acceptors (Lipinski definition) is 3. The second-order valence-corrected chi connectivity index (χ2v) is 4.30. The molecule has 1 rings (SSSR count). The van der Waals surface area contributed by atoms with Crippen molar-refractivity contribution in [3.05, 3.63) is 5.21 Å². The summed E-state index contributed by atoms with van der Waals surface area (Å²) < 4.78 is 6.09. The average molecular weight is 185 g/mol. The summed E-state index contributed by atoms with van der Waals surface area (Å²) in [7, 11) is 1.32. The minimum atomic E-state index is -0.877. The van der Waals surface area contributed by atoms with Gasteiger partial charge in [-0.2, -0.15) is 0 Å². The number of carbonyl (C=O) groups is 1. The van der Waals surface area contributed by atoms with Crippen LogP contribution in [0.3, 0.4) is 0 Å². The third kappa shape index (κ3) is 1.46. The maximum Gasteiger partial charge on any atom is 0.264 e. The molecule has 0 aromatic rings. The van der Waals surface area contributed by atoms with Crippen LogP contribution in [0.4, 0.5) is 0 Å². The lowest BCUT2D eigenvalue weighted by molar-refractivity contribution is -0.425. The molecule has 4 nitrogen and oxygen atoms in total. The SMILES string of the molecule is C/[N+]([O-])=C1\C(=O)C(C)(C)OC1(C)C. The zero-order valence-electron chi connectivity index (χ0n) is 8.67. The molecule has 0 spiro atoms. The molecule has 1 fully saturated rings. The second-order valence-electron chi connectivity index (χ2n) is 4.30. The minimum Gasteiger partial charge on any atom is -0.624 e. The van der Waals surface area contributed by atoms with Gasteiger partial charge >= 0.3 is 0 Å². The van der Waals surface area contributed by atoms with E-state index < -0.39 is 11.2 Å². The van der Waals surface area contributed by atoms with Gasteiger partial charge in [0.15, 0.2) is 5.60 Å². The van der Waals surface area contributed by atoms with Crippen LogP contribution in [0.1, 0.15) is 27.7 Å². The zero-order valence-corrected chi connectivity index (χ0v) is 8.67. The van der Waals surface area contributed by atoms with E-state index in [0.29, 0.717) is 4.74 Å². The number of rotatable bonds is 0. The van der Waals surface area contributed by atoms with E-state index in [1.807, 2.05) is 0 Å². The van der Waals surface area contributed by atoms with Gasteiger partial charge in [0.2, 0.25) is 0 Å². The molecule has 1 aliphatic rings. The van der Waals surface area contributed by atoms with E-state index in [1.54, 1.807) is 27.7 Å². The Labute approximate surface area is 77.8 Å². The quantitative estimate of drug-likeness (QED) is 0.317. The summed E-state index contributed by atoms with van der Waals surface area (Å²) in [5.41, 5.74) is -1.47. The minimum absolute atomic E-state index is 0.192. The van der Waals surface area contributed by atoms with Crippen molar-refractivity contribution in [1.82, 2.24) is 0 Å². The lowest BCUT2D eigenvalue weighted by atomic mass is 9.96. The first-order chi connectivity index (χ1) is 5.68. The van der Waals surface area contributed by atoms with Gasteiger partial charge in [-0.25, -0.2) is 4.74 Å². The van der Waals surface area contributed by atoms with E-state index in [4.69, 9.17) is 4.74 Å². The molecule has 0 radical (unpaired) electrons. The molecule has 1 heterocycles. The molecule has 0 aromatic carbocycles. The average Bonchev–Trinajstić information content (AvgIpc) is 1.96. The van der Waals surface area contributed by atoms with Crippen molar-refractivity contribution in [2.75, 3.05) is 7.05 Å². The Hall–Kier alpha value is -0.900. The van der Waals surface area contributed by atoms with Crippen LogP contribution >= 0.6 is 0 Å². The van der Waals surface area contributed by atoms with Crippen LogP contribution in [-0.2, 0) is 9.53 Å². The predicted octanol–water partition coefficient (Wildman–Crippen LogP) is 0.724. The highest BCUT2D eigenvalue weighted by Crippen LogP contribution is 2.31. The van der Waals surface area contributed by atoms with Gasteiger partial charge in [0.05, 0.1) is 0 Å². The topological polar surface area (TPSA) is 52.4 Å². The van der Waals surface area contributed by atoms with Crippen molar-refractivity contribution in [3.63, 3.8) is 0 Å². The molecule has 0 amide bonds. The summed E-state index contributed by atoms with van der Waals surface area (Å²) in [5, 5.41) is 11.1. The monoisotopic (exact) mass is 185 g/mol. The molecule has 13 heavy (non-hydrogen) atoms. The number of Topliss-reactive ketones (excluding diaryl/α,β-unsaturated/α-hetero) is 1. The molecular formula is C9H15NO3. The van der Waals surface area contributed by atoms with E-state index in [1.165, 1.54) is 7.05 Å². The highest BCUT2D eigenvalue weighted by Gasteiger charge is 2.55. The highest BCUT2D eigenvalue weighted by molar-refractivity contribution is 6.45. The fourth-order valence-corrected chi connectivity index (χ4v) is 1.81. The number of nitrogens with zero attached hydrogens (tertiary/aromatic N) is 1. The lowest BCUT2D eigenvalue weighted by Gasteiger charge is -2.19. The summed E-state index contributed by atoms with van der Waals surface area (Å²) in [6.07, 6.45) is 0. The summed E-state index contributed by atoms with van der Waals surface area (Å²) in [5.74, 6) is -0.227. The van der Waals surface area contributed by atoms with Gasteiger partial charge in [-0.15, -0.1) is 0 Å². The van der Waals surface area contributed by atoms with Crippen LogP contribution in [0, 0.1) is 5.21 Å². The molecule has 4 heteroatoms. The first-order valence-corrected chi connectivity index (χ1v) is 4.22. The second kappa shape index (κ2) is 2.54. The van der Waals surface area contributed by atoms with Crippen molar-refractivity contribution in [2.24, 2.45) is 0 Å². The number of hydroxylamine groups is 1. The standard InChI is InChI=1S/C9H15NO3/c1-8(2)6(10(5)12)7(11)9(3,4)13-8/h1-5H3/b10-6-. The van der Waals surface area contributed by atoms with Crippen LogP contribution < -0.4 is 0 Å². The van der Waals surface area contributed by atoms with E-state index >= 15 is 0 Å². The molecule has 0 aromatic heterocycles. The summed E-state index contributed by atoms with van der Waals surface area (Å²) in [4.78, 5) is 11.7. The van der Waals surface area contributed by atoms with Crippen molar-refractivity contribution in [1.29, 1.82) is 0 Å². The lowest BCUT2D eigenvalue weighted by Crippen LogP contribution is -2.36. The van der Waals surface area contributed by atoms with Crippen LogP contribution in [0.2, 0.25) is 0 Å². The van der Waals surface area contributed by atoms with Crippen molar-refractivity contribution < 1.29 is 14.3 Å². The smallest absolute Gasteiger partial charge is 0.264 e. The first kappa shape index (κ1) is 10.2. The molecule has 0 unspecified atom stereocenters. The number of carbonyl (C=O) groups excluding carboxylic acids is 1. The Kier molecular flexibility index (Phi) is 1.99. The maximum atomic E-state index is 11.7. The normalized spacial score (nSPS) is 29.2. The van der Waals surface area contributed by atoms with Gasteiger partial charge in [-0.3, -0.25) is 4.79 Å². The molecule has 1 saturated heterocycles. The molecule has 0 saturated carbocycles. The van der Waals surface area contributed by atoms with E-state index in [-0.39, 0.29) is 11.5 Å². The third-order valence-electron chi connectivity index (χ3n) is 2.16. The number of hydrogen-bond donors (Lipinski definition) is 0.